The molecule has 0 fully saturated rings. The smallest absolute Gasteiger partial charge is 0.146 e. The Labute approximate surface area is 99.2 Å². The van der Waals surface area contributed by atoms with Crippen LogP contribution in [-0.2, 0) is 0 Å². The van der Waals surface area contributed by atoms with Crippen LogP contribution in [0.1, 0.15) is 18.8 Å². The van der Waals surface area contributed by atoms with Gasteiger partial charge in [0.25, 0.3) is 0 Å². The predicted molar refractivity (Wildman–Crippen MR) is 65.8 cm³/mol. The first kappa shape index (κ1) is 11.3. The van der Waals surface area contributed by atoms with Gasteiger partial charge in [0, 0.05) is 23.5 Å². The molecule has 17 heavy (non-hydrogen) atoms. The largest absolute Gasteiger partial charge is 0.497 e. The van der Waals surface area contributed by atoms with Crippen LogP contribution in [0, 0.1) is 0 Å². The van der Waals surface area contributed by atoms with Crippen molar-refractivity contribution in [2.24, 2.45) is 0 Å². The van der Waals surface area contributed by atoms with Crippen molar-refractivity contribution in [1.82, 2.24) is 15.2 Å². The zero-order valence-electron chi connectivity index (χ0n) is 9.77. The molecule has 0 saturated carbocycles. The standard InChI is InChI=1S/C11H15N5O/c1-7(11-13-6-14-16-11)15-9-3-8(12)4-10(5-9)17-2/h3-7,15H,12H2,1-2H3,(H,13,14,16). The number of ether oxygens (including phenoxy) is 1. The summed E-state index contributed by atoms with van der Waals surface area (Å²) in [6, 6.07) is 5.51. The molecular formula is C11H15N5O. The monoisotopic (exact) mass is 233 g/mol. The van der Waals surface area contributed by atoms with E-state index in [9.17, 15) is 0 Å². The van der Waals surface area contributed by atoms with Gasteiger partial charge in [-0.1, -0.05) is 0 Å². The Kier molecular flexibility index (Phi) is 3.13. The van der Waals surface area contributed by atoms with Gasteiger partial charge in [0.05, 0.1) is 13.2 Å². The Hall–Kier alpha value is -2.24. The molecule has 0 amide bonds. The van der Waals surface area contributed by atoms with Crippen LogP contribution in [0.15, 0.2) is 24.5 Å². The lowest BCUT2D eigenvalue weighted by Gasteiger charge is -2.14. The van der Waals surface area contributed by atoms with Crippen molar-refractivity contribution in [3.63, 3.8) is 0 Å². The van der Waals surface area contributed by atoms with Crippen LogP contribution in [0.5, 0.6) is 5.75 Å². The number of nitrogens with zero attached hydrogens (tertiary/aromatic N) is 2. The zero-order valence-corrected chi connectivity index (χ0v) is 9.77. The molecule has 0 radical (unpaired) electrons. The van der Waals surface area contributed by atoms with Gasteiger partial charge >= 0.3 is 0 Å². The maximum atomic E-state index is 5.77. The van der Waals surface area contributed by atoms with Gasteiger partial charge in [-0.05, 0) is 13.0 Å². The van der Waals surface area contributed by atoms with E-state index in [0.29, 0.717) is 5.69 Å². The average molecular weight is 233 g/mol. The highest BCUT2D eigenvalue weighted by Crippen LogP contribution is 2.24. The molecule has 90 valence electrons. The van der Waals surface area contributed by atoms with Gasteiger partial charge in [-0.25, -0.2) is 4.98 Å². The van der Waals surface area contributed by atoms with Crippen molar-refractivity contribution in [1.29, 1.82) is 0 Å². The van der Waals surface area contributed by atoms with E-state index >= 15 is 0 Å². The van der Waals surface area contributed by atoms with Gasteiger partial charge in [0.1, 0.15) is 17.9 Å². The van der Waals surface area contributed by atoms with Crippen LogP contribution < -0.4 is 15.8 Å². The summed E-state index contributed by atoms with van der Waals surface area (Å²) in [5, 5.41) is 9.89. The predicted octanol–water partition coefficient (Wildman–Crippen LogP) is 1.57. The van der Waals surface area contributed by atoms with E-state index in [0.717, 1.165) is 17.3 Å². The Bertz CT molecular complexity index is 483. The van der Waals surface area contributed by atoms with Crippen LogP contribution in [0.25, 0.3) is 0 Å². The average Bonchev–Trinajstić information content (AvgIpc) is 2.81. The van der Waals surface area contributed by atoms with Crippen molar-refractivity contribution in [2.45, 2.75) is 13.0 Å². The van der Waals surface area contributed by atoms with Crippen molar-refractivity contribution in [3.05, 3.63) is 30.4 Å². The number of aromatic nitrogens is 3. The summed E-state index contributed by atoms with van der Waals surface area (Å²) < 4.78 is 5.15. The molecule has 0 spiro atoms. The van der Waals surface area contributed by atoms with Gasteiger partial charge in [0.2, 0.25) is 0 Å². The zero-order chi connectivity index (χ0) is 12.3. The Balaban J connectivity index is 2.15. The second-order valence-corrected chi connectivity index (χ2v) is 3.73. The minimum absolute atomic E-state index is 0.0176. The number of H-pyrrole nitrogens is 1. The molecule has 1 aromatic heterocycles. The lowest BCUT2D eigenvalue weighted by molar-refractivity contribution is 0.415. The van der Waals surface area contributed by atoms with Gasteiger partial charge in [-0.15, -0.1) is 0 Å². The molecular weight excluding hydrogens is 218 g/mol. The fourth-order valence-corrected chi connectivity index (χ4v) is 1.57. The van der Waals surface area contributed by atoms with E-state index in [-0.39, 0.29) is 6.04 Å². The molecule has 4 N–H and O–H groups in total. The van der Waals surface area contributed by atoms with Crippen molar-refractivity contribution in [3.8, 4) is 5.75 Å². The number of nitrogens with one attached hydrogen (secondary N) is 2. The second-order valence-electron chi connectivity index (χ2n) is 3.73. The molecule has 6 nitrogen and oxygen atoms in total. The van der Waals surface area contributed by atoms with Gasteiger partial charge in [0.15, 0.2) is 0 Å². The van der Waals surface area contributed by atoms with Crippen LogP contribution in [0.4, 0.5) is 11.4 Å². The molecule has 0 bridgehead atoms. The van der Waals surface area contributed by atoms with Gasteiger partial charge in [-0.2, -0.15) is 5.10 Å². The molecule has 1 unspecified atom stereocenters. The first-order valence-corrected chi connectivity index (χ1v) is 5.25. The number of hydrogen-bond acceptors (Lipinski definition) is 5. The third kappa shape index (κ3) is 2.66. The normalized spacial score (nSPS) is 12.1. The van der Waals surface area contributed by atoms with E-state index in [4.69, 9.17) is 10.5 Å². The molecule has 0 aliphatic rings. The highest BCUT2D eigenvalue weighted by Gasteiger charge is 2.08. The maximum absolute atomic E-state index is 5.77. The number of nitrogen functional groups attached to an aromatic ring is 1. The number of nitrogens with two attached hydrogens (primary N) is 1. The molecule has 0 saturated heterocycles. The van der Waals surface area contributed by atoms with E-state index in [1.807, 2.05) is 19.1 Å². The summed E-state index contributed by atoms with van der Waals surface area (Å²) >= 11 is 0. The Morgan fingerprint density at radius 1 is 1.41 bits per heavy atom. The maximum Gasteiger partial charge on any atom is 0.146 e. The summed E-state index contributed by atoms with van der Waals surface area (Å²) in [6.07, 6.45) is 1.48. The van der Waals surface area contributed by atoms with E-state index in [1.165, 1.54) is 6.33 Å². The summed E-state index contributed by atoms with van der Waals surface area (Å²) in [5.41, 5.74) is 7.30. The summed E-state index contributed by atoms with van der Waals surface area (Å²) in [5.74, 6) is 1.49. The van der Waals surface area contributed by atoms with Crippen molar-refractivity contribution >= 4 is 11.4 Å². The lowest BCUT2D eigenvalue weighted by atomic mass is 10.2. The van der Waals surface area contributed by atoms with Crippen molar-refractivity contribution in [2.75, 3.05) is 18.2 Å². The number of methoxy groups -OCH3 is 1. The third-order valence-corrected chi connectivity index (χ3v) is 2.39. The fraction of sp³-hybridized carbons (Fsp3) is 0.273. The minimum Gasteiger partial charge on any atom is -0.497 e. The molecule has 1 aromatic carbocycles. The summed E-state index contributed by atoms with van der Waals surface area (Å²) in [7, 11) is 1.61. The Morgan fingerprint density at radius 2 is 2.24 bits per heavy atom. The summed E-state index contributed by atoms with van der Waals surface area (Å²) in [6.45, 7) is 1.98. The van der Waals surface area contributed by atoms with E-state index in [2.05, 4.69) is 20.5 Å². The topological polar surface area (TPSA) is 88.8 Å². The number of rotatable bonds is 4. The fourth-order valence-electron chi connectivity index (χ4n) is 1.57. The quantitative estimate of drug-likeness (QED) is 0.697. The third-order valence-electron chi connectivity index (χ3n) is 2.39. The van der Waals surface area contributed by atoms with Crippen LogP contribution in [0.2, 0.25) is 0 Å². The van der Waals surface area contributed by atoms with Crippen LogP contribution in [-0.4, -0.2) is 22.3 Å². The van der Waals surface area contributed by atoms with Crippen molar-refractivity contribution < 1.29 is 4.74 Å². The molecule has 2 aromatic rings. The molecule has 0 aliphatic heterocycles. The lowest BCUT2D eigenvalue weighted by Crippen LogP contribution is -2.08. The SMILES string of the molecule is COc1cc(N)cc(NC(C)c2ncn[nH]2)c1. The van der Waals surface area contributed by atoms with Gasteiger partial charge < -0.3 is 15.8 Å². The number of hydrogen-bond donors (Lipinski definition) is 3. The molecule has 0 aliphatic carbocycles. The molecule has 2 rings (SSSR count). The minimum atomic E-state index is 0.0176. The Morgan fingerprint density at radius 3 is 2.88 bits per heavy atom. The van der Waals surface area contributed by atoms with E-state index < -0.39 is 0 Å². The highest BCUT2D eigenvalue weighted by molar-refractivity contribution is 5.59. The first-order valence-electron chi connectivity index (χ1n) is 5.25. The number of benzene rings is 1. The summed E-state index contributed by atoms with van der Waals surface area (Å²) in [4.78, 5) is 4.09. The number of aromatic amines is 1. The second kappa shape index (κ2) is 4.73. The molecule has 6 heteroatoms. The highest BCUT2D eigenvalue weighted by atomic mass is 16.5. The molecule has 1 atom stereocenters. The van der Waals surface area contributed by atoms with Crippen LogP contribution >= 0.6 is 0 Å². The van der Waals surface area contributed by atoms with Crippen LogP contribution in [0.3, 0.4) is 0 Å². The first-order chi connectivity index (χ1) is 8.19. The van der Waals surface area contributed by atoms with E-state index in [1.54, 1.807) is 13.2 Å². The number of anilines is 2. The van der Waals surface area contributed by atoms with Gasteiger partial charge in [-0.3, -0.25) is 5.10 Å². The molecule has 1 heterocycles.